The number of hydrogen-bond acceptors (Lipinski definition) is 9. The maximum Gasteiger partial charge on any atom is 0.235 e. The third kappa shape index (κ3) is 7.60. The molecule has 5 rings (SSSR count). The van der Waals surface area contributed by atoms with Gasteiger partial charge in [-0.15, -0.1) is 0 Å². The molecule has 1 unspecified atom stereocenters. The Morgan fingerprint density at radius 3 is 2.52 bits per heavy atom. The number of sulfonamides is 1. The number of rotatable bonds is 11. The maximum atomic E-state index is 11.9. The summed E-state index contributed by atoms with van der Waals surface area (Å²) in [6.07, 6.45) is 3.52. The number of amides is 1. The first kappa shape index (κ1) is 29.8. The zero-order valence-electron chi connectivity index (χ0n) is 23.5. The van der Waals surface area contributed by atoms with Crippen molar-refractivity contribution < 1.29 is 35.8 Å². The number of fused-ring (bicyclic) bond motifs is 1. The first-order chi connectivity index (χ1) is 20.0. The summed E-state index contributed by atoms with van der Waals surface area (Å²) in [7, 11) is -6.61. The standard InChI is InChI=1S/C30H34N2O8S2/c1-20-27(13-14-30(31-20)38-15-4-16-41(2,34)35)40-28-6-3-5-25-22(9-12-26(25)28)18-39-24-10-7-21(8-11-24)23-17-29(33)32-42(36,37)19-23/h3,5-8,10-11,13-14,22-23H,4,9,12,15-19H2,1-2H3,(H,32,33)/t22-,23?/m0/s1. The molecule has 1 amide bonds. The Kier molecular flexibility index (Phi) is 8.74. The number of pyridine rings is 1. The Morgan fingerprint density at radius 1 is 1.02 bits per heavy atom. The molecule has 1 saturated heterocycles. The summed E-state index contributed by atoms with van der Waals surface area (Å²) in [5.41, 5.74) is 3.78. The Hall–Kier alpha value is -3.64. The van der Waals surface area contributed by atoms with Crippen LogP contribution in [-0.4, -0.2) is 58.7 Å². The van der Waals surface area contributed by atoms with Gasteiger partial charge in [-0.3, -0.25) is 9.52 Å². The number of carbonyl (C=O) groups excluding carboxylic acids is 1. The van der Waals surface area contributed by atoms with Crippen LogP contribution in [0, 0.1) is 6.92 Å². The Morgan fingerprint density at radius 2 is 1.81 bits per heavy atom. The van der Waals surface area contributed by atoms with E-state index in [9.17, 15) is 21.6 Å². The largest absolute Gasteiger partial charge is 0.493 e. The number of ether oxygens (including phenoxy) is 3. The van der Waals surface area contributed by atoms with Gasteiger partial charge in [0.2, 0.25) is 21.8 Å². The molecule has 1 fully saturated rings. The molecule has 0 saturated carbocycles. The van der Waals surface area contributed by atoms with Gasteiger partial charge in [0, 0.05) is 30.6 Å². The number of nitrogens with zero attached hydrogens (tertiary/aromatic N) is 1. The van der Waals surface area contributed by atoms with E-state index >= 15 is 0 Å². The van der Waals surface area contributed by atoms with E-state index < -0.39 is 25.8 Å². The van der Waals surface area contributed by atoms with Gasteiger partial charge in [-0.25, -0.2) is 21.8 Å². The highest BCUT2D eigenvalue weighted by Gasteiger charge is 2.31. The average molecular weight is 615 g/mol. The lowest BCUT2D eigenvalue weighted by atomic mass is 9.97. The van der Waals surface area contributed by atoms with Crippen molar-refractivity contribution in [2.75, 3.05) is 31.0 Å². The summed E-state index contributed by atoms with van der Waals surface area (Å²) >= 11 is 0. The molecular weight excluding hydrogens is 580 g/mol. The van der Waals surface area contributed by atoms with Gasteiger partial charge in [0.15, 0.2) is 0 Å². The second-order valence-corrected chi connectivity index (χ2v) is 14.8. The molecule has 1 aliphatic carbocycles. The van der Waals surface area contributed by atoms with Crippen molar-refractivity contribution in [3.05, 3.63) is 77.0 Å². The average Bonchev–Trinajstić information content (AvgIpc) is 3.34. The van der Waals surface area contributed by atoms with E-state index in [2.05, 4.69) is 11.1 Å². The fraction of sp³-hybridized carbons (Fsp3) is 0.400. The van der Waals surface area contributed by atoms with Crippen LogP contribution in [0.15, 0.2) is 54.6 Å². The maximum absolute atomic E-state index is 11.9. The van der Waals surface area contributed by atoms with E-state index in [0.717, 1.165) is 29.7 Å². The van der Waals surface area contributed by atoms with Gasteiger partial charge in [-0.2, -0.15) is 0 Å². The van der Waals surface area contributed by atoms with Crippen LogP contribution in [0.4, 0.5) is 0 Å². The van der Waals surface area contributed by atoms with E-state index in [1.54, 1.807) is 6.07 Å². The van der Waals surface area contributed by atoms with Gasteiger partial charge < -0.3 is 14.2 Å². The highest BCUT2D eigenvalue weighted by Crippen LogP contribution is 2.40. The van der Waals surface area contributed by atoms with Gasteiger partial charge in [0.25, 0.3) is 0 Å². The van der Waals surface area contributed by atoms with E-state index in [4.69, 9.17) is 14.2 Å². The second-order valence-electron chi connectivity index (χ2n) is 10.8. The summed E-state index contributed by atoms with van der Waals surface area (Å²) in [5.74, 6) is 1.81. The molecule has 0 radical (unpaired) electrons. The van der Waals surface area contributed by atoms with Crippen molar-refractivity contribution >= 4 is 25.8 Å². The number of carbonyl (C=O) groups is 1. The van der Waals surface area contributed by atoms with Crippen LogP contribution < -0.4 is 18.9 Å². The molecule has 2 heterocycles. The fourth-order valence-corrected chi connectivity index (χ4v) is 7.35. The third-order valence-electron chi connectivity index (χ3n) is 7.42. The Balaban J connectivity index is 1.18. The molecule has 1 N–H and O–H groups in total. The minimum absolute atomic E-state index is 0.0700. The van der Waals surface area contributed by atoms with Crippen molar-refractivity contribution in [1.29, 1.82) is 0 Å². The van der Waals surface area contributed by atoms with E-state index in [-0.39, 0.29) is 36.4 Å². The van der Waals surface area contributed by atoms with Gasteiger partial charge in [-0.1, -0.05) is 24.3 Å². The van der Waals surface area contributed by atoms with Crippen molar-refractivity contribution in [2.45, 2.75) is 44.4 Å². The van der Waals surface area contributed by atoms with Crippen LogP contribution in [-0.2, 0) is 31.1 Å². The number of aromatic nitrogens is 1. The Labute approximate surface area is 246 Å². The number of benzene rings is 2. The first-order valence-electron chi connectivity index (χ1n) is 13.8. The predicted molar refractivity (Wildman–Crippen MR) is 158 cm³/mol. The summed E-state index contributed by atoms with van der Waals surface area (Å²) < 4.78 is 66.4. The van der Waals surface area contributed by atoms with Crippen LogP contribution in [0.3, 0.4) is 0 Å². The quantitative estimate of drug-likeness (QED) is 0.317. The lowest BCUT2D eigenvalue weighted by Gasteiger charge is -2.22. The van der Waals surface area contributed by atoms with Gasteiger partial charge in [-0.05, 0) is 67.1 Å². The molecule has 2 aliphatic rings. The van der Waals surface area contributed by atoms with Crippen molar-refractivity contribution in [2.24, 2.45) is 0 Å². The molecule has 2 aromatic carbocycles. The molecule has 224 valence electrons. The number of hydrogen-bond donors (Lipinski definition) is 1. The first-order valence-corrected chi connectivity index (χ1v) is 17.5. The van der Waals surface area contributed by atoms with Crippen molar-refractivity contribution in [3.8, 4) is 23.1 Å². The van der Waals surface area contributed by atoms with E-state index in [1.807, 2.05) is 54.1 Å². The minimum atomic E-state index is -3.59. The topological polar surface area (TPSA) is 138 Å². The lowest BCUT2D eigenvalue weighted by molar-refractivity contribution is -0.119. The fourth-order valence-electron chi connectivity index (χ4n) is 5.36. The summed E-state index contributed by atoms with van der Waals surface area (Å²) in [6, 6.07) is 16.8. The molecule has 12 heteroatoms. The van der Waals surface area contributed by atoms with E-state index in [0.29, 0.717) is 36.1 Å². The van der Waals surface area contributed by atoms with Gasteiger partial charge in [0.1, 0.15) is 27.1 Å². The van der Waals surface area contributed by atoms with Gasteiger partial charge in [0.05, 0.1) is 30.4 Å². The molecule has 1 aromatic heterocycles. The molecule has 2 atom stereocenters. The summed E-state index contributed by atoms with van der Waals surface area (Å²) in [5, 5.41) is 0. The SMILES string of the molecule is Cc1nc(OCCCS(C)(=O)=O)ccc1Oc1cccc2c1CC[C@H]2COc1ccc(C2CC(=O)NS(=O)(=O)C2)cc1. The summed E-state index contributed by atoms with van der Waals surface area (Å²) in [4.78, 5) is 16.2. The third-order valence-corrected chi connectivity index (χ3v) is 9.83. The minimum Gasteiger partial charge on any atom is -0.493 e. The Bertz CT molecular complexity index is 1670. The van der Waals surface area contributed by atoms with Gasteiger partial charge >= 0.3 is 0 Å². The van der Waals surface area contributed by atoms with E-state index in [1.165, 1.54) is 11.8 Å². The monoisotopic (exact) mass is 614 g/mol. The van der Waals surface area contributed by atoms with Crippen LogP contribution in [0.5, 0.6) is 23.1 Å². The zero-order valence-corrected chi connectivity index (χ0v) is 25.2. The van der Waals surface area contributed by atoms with Crippen molar-refractivity contribution in [3.63, 3.8) is 0 Å². The highest BCUT2D eigenvalue weighted by molar-refractivity contribution is 7.90. The number of sulfone groups is 1. The van der Waals surface area contributed by atoms with Crippen LogP contribution >= 0.6 is 0 Å². The van der Waals surface area contributed by atoms with Crippen molar-refractivity contribution in [1.82, 2.24) is 9.71 Å². The number of aryl methyl sites for hydroxylation is 1. The molecule has 3 aromatic rings. The number of nitrogens with one attached hydrogen (secondary N) is 1. The highest BCUT2D eigenvalue weighted by atomic mass is 32.2. The van der Waals surface area contributed by atoms with Crippen LogP contribution in [0.25, 0.3) is 0 Å². The smallest absolute Gasteiger partial charge is 0.235 e. The zero-order chi connectivity index (χ0) is 29.9. The van der Waals surface area contributed by atoms with Crippen LogP contribution in [0.1, 0.15) is 53.5 Å². The lowest BCUT2D eigenvalue weighted by Crippen LogP contribution is -2.40. The predicted octanol–water partition coefficient (Wildman–Crippen LogP) is 4.04. The normalized spacial score (nSPS) is 19.5. The molecule has 0 bridgehead atoms. The molecule has 0 spiro atoms. The van der Waals surface area contributed by atoms with Crippen LogP contribution in [0.2, 0.25) is 0 Å². The summed E-state index contributed by atoms with van der Waals surface area (Å²) in [6.45, 7) is 2.59. The molecule has 1 aliphatic heterocycles. The molecule has 10 nitrogen and oxygen atoms in total. The second kappa shape index (κ2) is 12.3. The molecular formula is C30H34N2O8S2. The molecule has 42 heavy (non-hydrogen) atoms.